The molecule has 0 radical (unpaired) electrons. The zero-order valence-electron chi connectivity index (χ0n) is 21.2. The number of aromatic amines is 1. The van der Waals surface area contributed by atoms with Crippen molar-refractivity contribution >= 4 is 57.2 Å². The molecule has 5 rings (SSSR count). The van der Waals surface area contributed by atoms with Crippen LogP contribution in [-0.2, 0) is 9.59 Å². The quantitative estimate of drug-likeness (QED) is 0.150. The Morgan fingerprint density at radius 2 is 1.77 bits per heavy atom. The van der Waals surface area contributed by atoms with Gasteiger partial charge in [-0.05, 0) is 31.2 Å². The molecule has 0 aliphatic carbocycles. The molecule has 1 aliphatic rings. The molecule has 3 aromatic carbocycles. The van der Waals surface area contributed by atoms with Gasteiger partial charge >= 0.3 is 0 Å². The first kappa shape index (κ1) is 26.5. The number of ether oxygens (including phenoxy) is 3. The smallest absolute Gasteiger partial charge is 0.300 e. The number of para-hydroxylation sites is 1. The van der Waals surface area contributed by atoms with Gasteiger partial charge in [-0.2, -0.15) is 0 Å². The fourth-order valence-corrected chi connectivity index (χ4v) is 5.58. The molecule has 0 bridgehead atoms. The normalized spacial score (nSPS) is 16.6. The van der Waals surface area contributed by atoms with Crippen molar-refractivity contribution in [3.63, 3.8) is 0 Å². The van der Waals surface area contributed by atoms with E-state index in [0.717, 1.165) is 10.9 Å². The summed E-state index contributed by atoms with van der Waals surface area (Å²) in [5, 5.41) is 12.6. The van der Waals surface area contributed by atoms with Crippen LogP contribution < -0.4 is 19.1 Å². The lowest BCUT2D eigenvalue weighted by atomic mass is 9.94. The molecular formula is C29H24Cl2N2O6. The predicted octanol–water partition coefficient (Wildman–Crippen LogP) is 6.52. The second-order valence-electron chi connectivity index (χ2n) is 8.68. The van der Waals surface area contributed by atoms with Crippen LogP contribution in [0.4, 0.5) is 5.69 Å². The first-order valence-corrected chi connectivity index (χ1v) is 12.8. The van der Waals surface area contributed by atoms with Crippen molar-refractivity contribution in [3.8, 4) is 17.2 Å². The molecule has 1 fully saturated rings. The molecule has 1 aliphatic heterocycles. The molecular weight excluding hydrogens is 543 g/mol. The molecule has 39 heavy (non-hydrogen) atoms. The highest BCUT2D eigenvalue weighted by Crippen LogP contribution is 2.49. The van der Waals surface area contributed by atoms with E-state index < -0.39 is 23.5 Å². The number of carbonyl (C=O) groups excluding carboxylic acids is 2. The Balaban J connectivity index is 1.81. The lowest BCUT2D eigenvalue weighted by Crippen LogP contribution is -2.29. The van der Waals surface area contributed by atoms with Gasteiger partial charge in [0.2, 0.25) is 0 Å². The second kappa shape index (κ2) is 10.6. The number of Topliss-reactive ketones (excluding diaryl/α,β-unsaturated/α-hetero) is 1. The summed E-state index contributed by atoms with van der Waals surface area (Å²) in [5.41, 5.74) is 1.73. The van der Waals surface area contributed by atoms with Crippen LogP contribution in [0.5, 0.6) is 17.2 Å². The Bertz CT molecular complexity index is 1640. The minimum absolute atomic E-state index is 0.0105. The lowest BCUT2D eigenvalue weighted by Gasteiger charge is -2.25. The summed E-state index contributed by atoms with van der Waals surface area (Å²) in [4.78, 5) is 31.8. The van der Waals surface area contributed by atoms with Gasteiger partial charge in [0.25, 0.3) is 11.7 Å². The maximum absolute atomic E-state index is 13.7. The number of aliphatic hydroxyl groups is 1. The van der Waals surface area contributed by atoms with Crippen molar-refractivity contribution in [3.05, 3.63) is 87.5 Å². The molecule has 2 N–H and O–H groups in total. The number of amides is 1. The maximum atomic E-state index is 13.7. The second-order valence-corrected chi connectivity index (χ2v) is 9.46. The number of nitrogens with one attached hydrogen (secondary N) is 1. The van der Waals surface area contributed by atoms with Crippen molar-refractivity contribution in [1.29, 1.82) is 0 Å². The van der Waals surface area contributed by atoms with E-state index in [4.69, 9.17) is 37.4 Å². The zero-order valence-corrected chi connectivity index (χ0v) is 22.8. The van der Waals surface area contributed by atoms with Crippen LogP contribution in [0.2, 0.25) is 10.0 Å². The standard InChI is InChI=1S/C29H24Cl2N2O6/c1-4-39-16-9-7-8-15(12-16)33-24(19-14-32-21-11-6-5-10-17(19)21)22(26(35)29(33)36)25(34)18-13-20(30)28(38-3)23(31)27(18)37-2/h5-14,24,32,34H,4H2,1-3H3/b25-22+. The zero-order chi connectivity index (χ0) is 27.8. The molecule has 1 amide bonds. The van der Waals surface area contributed by atoms with Gasteiger partial charge in [-0.15, -0.1) is 0 Å². The molecule has 1 atom stereocenters. The van der Waals surface area contributed by atoms with Crippen LogP contribution in [0, 0.1) is 0 Å². The molecule has 2 heterocycles. The average molecular weight is 567 g/mol. The summed E-state index contributed by atoms with van der Waals surface area (Å²) >= 11 is 12.9. The fourth-order valence-electron chi connectivity index (χ4n) is 4.89. The molecule has 4 aromatic rings. The van der Waals surface area contributed by atoms with E-state index in [-0.39, 0.29) is 32.7 Å². The molecule has 200 valence electrons. The average Bonchev–Trinajstić information content (AvgIpc) is 3.47. The van der Waals surface area contributed by atoms with Crippen LogP contribution in [0.15, 0.2) is 66.4 Å². The number of anilines is 1. The van der Waals surface area contributed by atoms with Gasteiger partial charge in [0.15, 0.2) is 11.5 Å². The molecule has 10 heteroatoms. The summed E-state index contributed by atoms with van der Waals surface area (Å²) in [5.74, 6) is -1.47. The van der Waals surface area contributed by atoms with Crippen LogP contribution in [0.25, 0.3) is 16.7 Å². The van der Waals surface area contributed by atoms with Crippen LogP contribution >= 0.6 is 23.2 Å². The Hall–Kier alpha value is -4.14. The highest BCUT2D eigenvalue weighted by atomic mass is 35.5. The summed E-state index contributed by atoms with van der Waals surface area (Å²) in [6, 6.07) is 14.7. The highest BCUT2D eigenvalue weighted by molar-refractivity contribution is 6.52. The summed E-state index contributed by atoms with van der Waals surface area (Å²) in [7, 11) is 2.76. The van der Waals surface area contributed by atoms with Crippen molar-refractivity contribution in [2.24, 2.45) is 0 Å². The third kappa shape index (κ3) is 4.35. The van der Waals surface area contributed by atoms with Crippen molar-refractivity contribution in [2.75, 3.05) is 25.7 Å². The molecule has 1 unspecified atom stereocenters. The number of nitrogens with zero attached hydrogens (tertiary/aromatic N) is 1. The van der Waals surface area contributed by atoms with Crippen LogP contribution in [0.3, 0.4) is 0 Å². The van der Waals surface area contributed by atoms with E-state index in [1.807, 2.05) is 31.2 Å². The number of benzene rings is 3. The number of methoxy groups -OCH3 is 2. The first-order chi connectivity index (χ1) is 18.8. The number of ketones is 1. The van der Waals surface area contributed by atoms with Crippen LogP contribution in [0.1, 0.15) is 24.1 Å². The van der Waals surface area contributed by atoms with Gasteiger partial charge in [-0.25, -0.2) is 0 Å². The monoisotopic (exact) mass is 566 g/mol. The maximum Gasteiger partial charge on any atom is 0.300 e. The fraction of sp³-hybridized carbons (Fsp3) is 0.172. The summed E-state index contributed by atoms with van der Waals surface area (Å²) < 4.78 is 16.4. The molecule has 0 spiro atoms. The summed E-state index contributed by atoms with van der Waals surface area (Å²) in [6.45, 7) is 2.27. The van der Waals surface area contributed by atoms with Gasteiger partial charge in [-0.1, -0.05) is 47.5 Å². The number of carbonyl (C=O) groups is 2. The van der Waals surface area contributed by atoms with Crippen molar-refractivity contribution in [1.82, 2.24) is 4.98 Å². The summed E-state index contributed by atoms with van der Waals surface area (Å²) in [6.07, 6.45) is 1.72. The number of fused-ring (bicyclic) bond motifs is 1. The number of aliphatic hydroxyl groups excluding tert-OH is 1. The van der Waals surface area contributed by atoms with Gasteiger partial charge in [0, 0.05) is 34.4 Å². The molecule has 1 saturated heterocycles. The number of hydrogen-bond donors (Lipinski definition) is 2. The number of rotatable bonds is 7. The highest BCUT2D eigenvalue weighted by Gasteiger charge is 2.48. The minimum atomic E-state index is -0.998. The third-order valence-corrected chi connectivity index (χ3v) is 7.19. The van der Waals surface area contributed by atoms with Crippen molar-refractivity contribution in [2.45, 2.75) is 13.0 Å². The number of H-pyrrole nitrogens is 1. The Labute approximate surface area is 234 Å². The molecule has 0 saturated carbocycles. The minimum Gasteiger partial charge on any atom is -0.507 e. The van der Waals surface area contributed by atoms with Gasteiger partial charge in [0.05, 0.1) is 43.0 Å². The van der Waals surface area contributed by atoms with Gasteiger partial charge in [0.1, 0.15) is 16.5 Å². The van der Waals surface area contributed by atoms with E-state index >= 15 is 0 Å². The van der Waals surface area contributed by atoms with E-state index in [1.54, 1.807) is 30.5 Å². The van der Waals surface area contributed by atoms with E-state index in [0.29, 0.717) is 23.6 Å². The molecule has 8 nitrogen and oxygen atoms in total. The Morgan fingerprint density at radius 3 is 2.49 bits per heavy atom. The van der Waals surface area contributed by atoms with E-state index in [1.165, 1.54) is 25.2 Å². The van der Waals surface area contributed by atoms with Gasteiger partial charge in [-0.3, -0.25) is 14.5 Å². The number of hydrogen-bond acceptors (Lipinski definition) is 6. The SMILES string of the molecule is CCOc1cccc(N2C(=O)C(=O)/C(=C(/O)c3cc(Cl)c(OC)c(Cl)c3OC)C2c2c[nH]c3ccccc23)c1. The Kier molecular flexibility index (Phi) is 7.16. The number of aromatic nitrogens is 1. The topological polar surface area (TPSA) is 101 Å². The molecule has 1 aromatic heterocycles. The van der Waals surface area contributed by atoms with E-state index in [2.05, 4.69) is 4.98 Å². The number of halogens is 2. The van der Waals surface area contributed by atoms with Gasteiger partial charge < -0.3 is 24.3 Å². The van der Waals surface area contributed by atoms with Crippen molar-refractivity contribution < 1.29 is 28.9 Å². The van der Waals surface area contributed by atoms with E-state index in [9.17, 15) is 14.7 Å². The predicted molar refractivity (Wildman–Crippen MR) is 150 cm³/mol. The largest absolute Gasteiger partial charge is 0.507 e. The first-order valence-electron chi connectivity index (χ1n) is 12.0. The Morgan fingerprint density at radius 1 is 1.03 bits per heavy atom. The van der Waals surface area contributed by atoms with Crippen LogP contribution in [-0.4, -0.2) is 42.6 Å². The lowest BCUT2D eigenvalue weighted by molar-refractivity contribution is -0.132. The third-order valence-electron chi connectivity index (χ3n) is 6.56.